The van der Waals surface area contributed by atoms with Crippen molar-refractivity contribution in [2.75, 3.05) is 16.8 Å². The van der Waals surface area contributed by atoms with Crippen molar-refractivity contribution in [1.29, 1.82) is 0 Å². The third-order valence-electron chi connectivity index (χ3n) is 4.36. The van der Waals surface area contributed by atoms with E-state index >= 15 is 0 Å². The van der Waals surface area contributed by atoms with E-state index in [9.17, 15) is 4.79 Å². The highest BCUT2D eigenvalue weighted by molar-refractivity contribution is 6.04. The molecule has 0 fully saturated rings. The number of carbonyl (C=O) groups is 1. The Morgan fingerprint density at radius 2 is 1.81 bits per heavy atom. The van der Waals surface area contributed by atoms with E-state index in [1.165, 1.54) is 5.56 Å². The van der Waals surface area contributed by atoms with E-state index in [0.29, 0.717) is 18.2 Å². The Balaban J connectivity index is 1.86. The maximum atomic E-state index is 12.9. The molecule has 5 heteroatoms. The van der Waals surface area contributed by atoms with Gasteiger partial charge in [0.25, 0.3) is 5.91 Å². The summed E-state index contributed by atoms with van der Waals surface area (Å²) < 4.78 is 0. The van der Waals surface area contributed by atoms with Crippen LogP contribution in [0.2, 0.25) is 0 Å². The van der Waals surface area contributed by atoms with Gasteiger partial charge in [-0.05, 0) is 56.2 Å². The van der Waals surface area contributed by atoms with Crippen LogP contribution in [0.15, 0.2) is 60.8 Å². The Hall–Kier alpha value is -3.21. The average molecular weight is 346 g/mol. The molecule has 1 aromatic heterocycles. The molecule has 26 heavy (non-hydrogen) atoms. The normalized spacial score (nSPS) is 10.4. The molecule has 132 valence electrons. The number of hydrogen-bond acceptors (Lipinski definition) is 4. The maximum Gasteiger partial charge on any atom is 0.277 e. The number of benzene rings is 2. The molecule has 0 unspecified atom stereocenters. The zero-order chi connectivity index (χ0) is 18.5. The molecule has 0 spiro atoms. The fourth-order valence-electron chi connectivity index (χ4n) is 2.73. The van der Waals surface area contributed by atoms with E-state index in [2.05, 4.69) is 28.3 Å². The second kappa shape index (κ2) is 7.78. The van der Waals surface area contributed by atoms with Crippen LogP contribution in [0, 0.1) is 13.8 Å². The molecule has 0 atom stereocenters. The van der Waals surface area contributed by atoms with Gasteiger partial charge < -0.3 is 10.2 Å². The third kappa shape index (κ3) is 3.72. The Morgan fingerprint density at radius 3 is 2.54 bits per heavy atom. The van der Waals surface area contributed by atoms with Crippen molar-refractivity contribution in [2.45, 2.75) is 20.8 Å². The summed E-state index contributed by atoms with van der Waals surface area (Å²) >= 11 is 0. The largest absolute Gasteiger partial charge is 0.324 e. The summed E-state index contributed by atoms with van der Waals surface area (Å²) in [4.78, 5) is 23.3. The lowest BCUT2D eigenvalue weighted by atomic mass is 10.1. The SMILES string of the molecule is CCN(C(=O)c1ccnc(Nc2cccc(C)c2C)n1)c1ccccc1. The number of aromatic nitrogens is 2. The zero-order valence-electron chi connectivity index (χ0n) is 15.2. The van der Waals surface area contributed by atoms with Crippen LogP contribution in [0.3, 0.4) is 0 Å². The van der Waals surface area contributed by atoms with Crippen molar-refractivity contribution in [3.8, 4) is 0 Å². The fraction of sp³-hybridized carbons (Fsp3) is 0.190. The van der Waals surface area contributed by atoms with Crippen LogP contribution >= 0.6 is 0 Å². The maximum absolute atomic E-state index is 12.9. The van der Waals surface area contributed by atoms with Crippen LogP contribution in [-0.4, -0.2) is 22.4 Å². The minimum Gasteiger partial charge on any atom is -0.324 e. The lowest BCUT2D eigenvalue weighted by molar-refractivity contribution is 0.0983. The lowest BCUT2D eigenvalue weighted by Crippen LogP contribution is -2.31. The molecule has 0 saturated heterocycles. The minimum atomic E-state index is -0.148. The Morgan fingerprint density at radius 1 is 1.04 bits per heavy atom. The van der Waals surface area contributed by atoms with Gasteiger partial charge in [-0.3, -0.25) is 4.79 Å². The highest BCUT2D eigenvalue weighted by Gasteiger charge is 2.18. The summed E-state index contributed by atoms with van der Waals surface area (Å²) in [5.74, 6) is 0.263. The molecule has 1 amide bonds. The molecule has 0 aliphatic carbocycles. The Bertz CT molecular complexity index is 909. The van der Waals surface area contributed by atoms with Crippen molar-refractivity contribution in [3.63, 3.8) is 0 Å². The smallest absolute Gasteiger partial charge is 0.277 e. The molecule has 0 aliphatic heterocycles. The number of nitrogens with one attached hydrogen (secondary N) is 1. The Labute approximate surface area is 153 Å². The van der Waals surface area contributed by atoms with Crippen LogP contribution in [0.1, 0.15) is 28.5 Å². The fourth-order valence-corrected chi connectivity index (χ4v) is 2.73. The quantitative estimate of drug-likeness (QED) is 0.739. The second-order valence-electron chi connectivity index (χ2n) is 6.02. The van der Waals surface area contributed by atoms with Gasteiger partial charge in [0.2, 0.25) is 5.95 Å². The lowest BCUT2D eigenvalue weighted by Gasteiger charge is -2.20. The number of hydrogen-bond donors (Lipinski definition) is 1. The number of carbonyl (C=O) groups excluding carboxylic acids is 1. The first kappa shape index (κ1) is 17.6. The van der Waals surface area contributed by atoms with Crippen molar-refractivity contribution >= 4 is 23.2 Å². The summed E-state index contributed by atoms with van der Waals surface area (Å²) in [6, 6.07) is 17.2. The van der Waals surface area contributed by atoms with Gasteiger partial charge in [0, 0.05) is 24.1 Å². The molecule has 0 saturated carbocycles. The number of para-hydroxylation sites is 1. The van der Waals surface area contributed by atoms with Gasteiger partial charge in [-0.15, -0.1) is 0 Å². The van der Waals surface area contributed by atoms with E-state index in [0.717, 1.165) is 16.9 Å². The average Bonchev–Trinajstić information content (AvgIpc) is 2.67. The molecular formula is C21H22N4O. The van der Waals surface area contributed by atoms with Gasteiger partial charge in [0.15, 0.2) is 0 Å². The molecule has 3 aromatic rings. The van der Waals surface area contributed by atoms with Gasteiger partial charge in [0.05, 0.1) is 0 Å². The highest BCUT2D eigenvalue weighted by Crippen LogP contribution is 2.21. The van der Waals surface area contributed by atoms with Crippen LogP contribution < -0.4 is 10.2 Å². The standard InChI is InChI=1S/C21H22N4O/c1-4-25(17-10-6-5-7-11-17)20(26)19-13-14-22-21(24-19)23-18-12-8-9-15(2)16(18)3/h5-14H,4H2,1-3H3,(H,22,23,24). The molecule has 1 N–H and O–H groups in total. The Kier molecular flexibility index (Phi) is 5.27. The summed E-state index contributed by atoms with van der Waals surface area (Å²) in [5, 5.41) is 3.21. The van der Waals surface area contributed by atoms with Gasteiger partial charge in [0.1, 0.15) is 5.69 Å². The third-order valence-corrected chi connectivity index (χ3v) is 4.36. The number of anilines is 3. The molecule has 5 nitrogen and oxygen atoms in total. The first-order valence-electron chi connectivity index (χ1n) is 8.63. The van der Waals surface area contributed by atoms with E-state index in [-0.39, 0.29) is 5.91 Å². The molecular weight excluding hydrogens is 324 g/mol. The summed E-state index contributed by atoms with van der Waals surface area (Å²) in [7, 11) is 0. The molecule has 3 rings (SSSR count). The van der Waals surface area contributed by atoms with Crippen molar-refractivity contribution in [3.05, 3.63) is 77.6 Å². The second-order valence-corrected chi connectivity index (χ2v) is 6.02. The summed E-state index contributed by atoms with van der Waals surface area (Å²) in [6.45, 7) is 6.61. The van der Waals surface area contributed by atoms with E-state index in [1.807, 2.05) is 56.3 Å². The first-order chi connectivity index (χ1) is 12.6. The van der Waals surface area contributed by atoms with Gasteiger partial charge in [-0.25, -0.2) is 9.97 Å². The van der Waals surface area contributed by atoms with E-state index in [4.69, 9.17) is 0 Å². The summed E-state index contributed by atoms with van der Waals surface area (Å²) in [6.07, 6.45) is 1.60. The van der Waals surface area contributed by atoms with E-state index in [1.54, 1.807) is 17.2 Å². The molecule has 0 aliphatic rings. The van der Waals surface area contributed by atoms with Crippen molar-refractivity contribution in [1.82, 2.24) is 9.97 Å². The van der Waals surface area contributed by atoms with Gasteiger partial charge in [-0.1, -0.05) is 30.3 Å². The number of aryl methyl sites for hydroxylation is 1. The van der Waals surface area contributed by atoms with E-state index < -0.39 is 0 Å². The first-order valence-corrected chi connectivity index (χ1v) is 8.63. The van der Waals surface area contributed by atoms with Gasteiger partial charge >= 0.3 is 0 Å². The van der Waals surface area contributed by atoms with Crippen LogP contribution in [0.4, 0.5) is 17.3 Å². The molecule has 2 aromatic carbocycles. The van der Waals surface area contributed by atoms with Crippen LogP contribution in [-0.2, 0) is 0 Å². The van der Waals surface area contributed by atoms with Gasteiger partial charge in [-0.2, -0.15) is 0 Å². The number of amides is 1. The molecule has 0 radical (unpaired) electrons. The summed E-state index contributed by atoms with van der Waals surface area (Å²) in [5.41, 5.74) is 4.46. The minimum absolute atomic E-state index is 0.148. The van der Waals surface area contributed by atoms with Crippen LogP contribution in [0.5, 0.6) is 0 Å². The predicted molar refractivity (Wildman–Crippen MR) is 105 cm³/mol. The zero-order valence-corrected chi connectivity index (χ0v) is 15.2. The van der Waals surface area contributed by atoms with Crippen molar-refractivity contribution in [2.24, 2.45) is 0 Å². The molecule has 0 bridgehead atoms. The molecule has 1 heterocycles. The number of nitrogens with zero attached hydrogens (tertiary/aromatic N) is 3. The highest BCUT2D eigenvalue weighted by atomic mass is 16.2. The van der Waals surface area contributed by atoms with Crippen molar-refractivity contribution < 1.29 is 4.79 Å². The monoisotopic (exact) mass is 346 g/mol. The predicted octanol–water partition coefficient (Wildman–Crippen LogP) is 4.50. The number of rotatable bonds is 5. The topological polar surface area (TPSA) is 58.1 Å². The van der Waals surface area contributed by atoms with Crippen LogP contribution in [0.25, 0.3) is 0 Å².